The molecule has 1 unspecified atom stereocenters. The molecule has 0 radical (unpaired) electrons. The van der Waals surface area contributed by atoms with Crippen LogP contribution in [0.4, 0.5) is 0 Å². The molecule has 0 bridgehead atoms. The van der Waals surface area contributed by atoms with E-state index in [0.29, 0.717) is 0 Å². The number of aromatic nitrogens is 2. The molecule has 1 N–H and O–H groups in total. The smallest absolute Gasteiger partial charge is 0.0684 e. The second-order valence-corrected chi connectivity index (χ2v) is 3.89. The number of thiophene rings is 1. The van der Waals surface area contributed by atoms with Crippen LogP contribution in [0, 0.1) is 0 Å². The summed E-state index contributed by atoms with van der Waals surface area (Å²) in [5.74, 6) is 0. The van der Waals surface area contributed by atoms with Crippen LogP contribution in [0.25, 0.3) is 0 Å². The number of hydrogen-bond donors (Lipinski definition) is 1. The first-order valence-corrected chi connectivity index (χ1v) is 5.27. The molecule has 14 heavy (non-hydrogen) atoms. The Morgan fingerprint density at radius 1 is 1.36 bits per heavy atom. The summed E-state index contributed by atoms with van der Waals surface area (Å²) in [6.45, 7) is 0. The van der Waals surface area contributed by atoms with Crippen molar-refractivity contribution in [2.45, 2.75) is 6.04 Å². The Kier molecular flexibility index (Phi) is 2.86. The highest BCUT2D eigenvalue weighted by Crippen LogP contribution is 2.24. The monoisotopic (exact) mass is 205 g/mol. The van der Waals surface area contributed by atoms with E-state index < -0.39 is 0 Å². The second kappa shape index (κ2) is 4.30. The maximum Gasteiger partial charge on any atom is 0.0684 e. The van der Waals surface area contributed by atoms with Crippen LogP contribution in [0.3, 0.4) is 0 Å². The lowest BCUT2D eigenvalue weighted by molar-refractivity contribution is 0.696. The van der Waals surface area contributed by atoms with Crippen molar-refractivity contribution in [1.82, 2.24) is 15.5 Å². The molecule has 4 heteroatoms. The molecule has 2 aromatic heterocycles. The summed E-state index contributed by atoms with van der Waals surface area (Å²) in [6, 6.07) is 6.38. The highest BCUT2D eigenvalue weighted by Gasteiger charge is 2.12. The molecule has 2 aromatic rings. The molecule has 0 aliphatic heterocycles. The van der Waals surface area contributed by atoms with Gasteiger partial charge in [-0.1, -0.05) is 6.07 Å². The van der Waals surface area contributed by atoms with Gasteiger partial charge in [0, 0.05) is 11.1 Å². The fourth-order valence-corrected chi connectivity index (χ4v) is 2.26. The van der Waals surface area contributed by atoms with E-state index in [0.717, 1.165) is 5.56 Å². The number of nitrogens with zero attached hydrogens (tertiary/aromatic N) is 2. The van der Waals surface area contributed by atoms with Crippen molar-refractivity contribution in [1.29, 1.82) is 0 Å². The molecule has 2 heterocycles. The van der Waals surface area contributed by atoms with E-state index in [9.17, 15) is 0 Å². The van der Waals surface area contributed by atoms with Gasteiger partial charge in [0.1, 0.15) is 0 Å². The predicted molar refractivity (Wildman–Crippen MR) is 57.3 cm³/mol. The van der Waals surface area contributed by atoms with Crippen LogP contribution in [-0.2, 0) is 0 Å². The number of hydrogen-bond acceptors (Lipinski definition) is 4. The fourth-order valence-electron chi connectivity index (χ4n) is 1.40. The van der Waals surface area contributed by atoms with Gasteiger partial charge in [-0.2, -0.15) is 10.2 Å². The summed E-state index contributed by atoms with van der Waals surface area (Å²) in [4.78, 5) is 1.29. The highest BCUT2D eigenvalue weighted by atomic mass is 32.1. The van der Waals surface area contributed by atoms with Crippen molar-refractivity contribution in [2.24, 2.45) is 0 Å². The van der Waals surface area contributed by atoms with E-state index in [-0.39, 0.29) is 6.04 Å². The molecular weight excluding hydrogens is 194 g/mol. The van der Waals surface area contributed by atoms with Crippen molar-refractivity contribution < 1.29 is 0 Å². The molecule has 0 aromatic carbocycles. The summed E-state index contributed by atoms with van der Waals surface area (Å²) in [6.07, 6.45) is 3.51. The van der Waals surface area contributed by atoms with Gasteiger partial charge in [0.25, 0.3) is 0 Å². The average Bonchev–Trinajstić information content (AvgIpc) is 2.74. The Balaban J connectivity index is 2.31. The number of nitrogens with one attached hydrogen (secondary N) is 1. The molecule has 0 saturated carbocycles. The first kappa shape index (κ1) is 9.30. The minimum atomic E-state index is 0.227. The van der Waals surface area contributed by atoms with Crippen molar-refractivity contribution in [3.63, 3.8) is 0 Å². The standard InChI is InChI=1S/C10H11N3S/c1-11-10(9-3-2-6-14-9)8-4-5-12-13-7-8/h2-7,10-11H,1H3. The van der Waals surface area contributed by atoms with Gasteiger partial charge in [-0.25, -0.2) is 0 Å². The van der Waals surface area contributed by atoms with Gasteiger partial charge in [-0.05, 0) is 30.1 Å². The van der Waals surface area contributed by atoms with E-state index in [2.05, 4.69) is 33.0 Å². The molecule has 2 rings (SSSR count). The van der Waals surface area contributed by atoms with Gasteiger partial charge >= 0.3 is 0 Å². The summed E-state index contributed by atoms with van der Waals surface area (Å²) in [7, 11) is 1.95. The van der Waals surface area contributed by atoms with Crippen molar-refractivity contribution >= 4 is 11.3 Å². The summed E-state index contributed by atoms with van der Waals surface area (Å²) in [5, 5.41) is 13.0. The quantitative estimate of drug-likeness (QED) is 0.831. The minimum Gasteiger partial charge on any atom is -0.309 e. The van der Waals surface area contributed by atoms with E-state index in [4.69, 9.17) is 0 Å². The molecule has 0 saturated heterocycles. The van der Waals surface area contributed by atoms with Crippen LogP contribution < -0.4 is 5.32 Å². The SMILES string of the molecule is CNC(c1ccnnc1)c1cccs1. The van der Waals surface area contributed by atoms with E-state index in [1.165, 1.54) is 4.88 Å². The van der Waals surface area contributed by atoms with Gasteiger partial charge < -0.3 is 5.32 Å². The fraction of sp³-hybridized carbons (Fsp3) is 0.200. The van der Waals surface area contributed by atoms with Crippen molar-refractivity contribution in [3.8, 4) is 0 Å². The molecule has 3 nitrogen and oxygen atoms in total. The third-order valence-corrected chi connectivity index (χ3v) is 2.99. The maximum atomic E-state index is 3.88. The largest absolute Gasteiger partial charge is 0.309 e. The van der Waals surface area contributed by atoms with Gasteiger partial charge in [0.15, 0.2) is 0 Å². The van der Waals surface area contributed by atoms with E-state index in [1.807, 2.05) is 13.1 Å². The molecule has 0 aliphatic carbocycles. The van der Waals surface area contributed by atoms with Gasteiger partial charge in [-0.15, -0.1) is 11.3 Å². The topological polar surface area (TPSA) is 37.8 Å². The lowest BCUT2D eigenvalue weighted by Gasteiger charge is -2.13. The lowest BCUT2D eigenvalue weighted by atomic mass is 10.1. The Labute approximate surface area is 86.8 Å². The van der Waals surface area contributed by atoms with Gasteiger partial charge in [-0.3, -0.25) is 0 Å². The molecular formula is C10H11N3S. The van der Waals surface area contributed by atoms with Crippen LogP contribution in [0.15, 0.2) is 36.0 Å². The zero-order chi connectivity index (χ0) is 9.80. The van der Waals surface area contributed by atoms with Crippen LogP contribution in [-0.4, -0.2) is 17.2 Å². The van der Waals surface area contributed by atoms with Crippen LogP contribution in [0.1, 0.15) is 16.5 Å². The Hall–Kier alpha value is -1.26. The molecule has 0 amide bonds. The summed E-state index contributed by atoms with van der Waals surface area (Å²) < 4.78 is 0. The van der Waals surface area contributed by atoms with Gasteiger partial charge in [0.2, 0.25) is 0 Å². The Bertz CT molecular complexity index is 372. The summed E-state index contributed by atoms with van der Waals surface area (Å²) in [5.41, 5.74) is 1.14. The zero-order valence-electron chi connectivity index (χ0n) is 7.84. The normalized spacial score (nSPS) is 12.6. The average molecular weight is 205 g/mol. The zero-order valence-corrected chi connectivity index (χ0v) is 8.66. The summed E-state index contributed by atoms with van der Waals surface area (Å²) >= 11 is 1.74. The van der Waals surface area contributed by atoms with E-state index >= 15 is 0 Å². The maximum absolute atomic E-state index is 3.88. The van der Waals surface area contributed by atoms with Gasteiger partial charge in [0.05, 0.1) is 12.2 Å². The lowest BCUT2D eigenvalue weighted by Crippen LogP contribution is -2.16. The first-order valence-electron chi connectivity index (χ1n) is 4.39. The third-order valence-electron chi connectivity index (χ3n) is 2.06. The predicted octanol–water partition coefficient (Wildman–Crippen LogP) is 1.85. The molecule has 72 valence electrons. The molecule has 0 fully saturated rings. The minimum absolute atomic E-state index is 0.227. The van der Waals surface area contributed by atoms with Crippen molar-refractivity contribution in [3.05, 3.63) is 46.4 Å². The highest BCUT2D eigenvalue weighted by molar-refractivity contribution is 7.10. The first-order chi connectivity index (χ1) is 6.92. The third kappa shape index (κ3) is 1.81. The molecule has 0 spiro atoms. The Morgan fingerprint density at radius 3 is 2.86 bits per heavy atom. The van der Waals surface area contributed by atoms with E-state index in [1.54, 1.807) is 23.7 Å². The number of rotatable bonds is 3. The van der Waals surface area contributed by atoms with Crippen LogP contribution in [0.5, 0.6) is 0 Å². The molecule has 1 atom stereocenters. The van der Waals surface area contributed by atoms with Crippen molar-refractivity contribution in [2.75, 3.05) is 7.05 Å². The second-order valence-electron chi connectivity index (χ2n) is 2.91. The van der Waals surface area contributed by atoms with Crippen LogP contribution >= 0.6 is 11.3 Å². The van der Waals surface area contributed by atoms with Crippen LogP contribution in [0.2, 0.25) is 0 Å². The molecule has 0 aliphatic rings. The Morgan fingerprint density at radius 2 is 2.29 bits per heavy atom.